The van der Waals surface area contributed by atoms with Crippen LogP contribution in [0.3, 0.4) is 0 Å². The first-order valence-electron chi connectivity index (χ1n) is 9.16. The van der Waals surface area contributed by atoms with Crippen LogP contribution in [0, 0.1) is 11.8 Å². The third-order valence-corrected chi connectivity index (χ3v) is 6.41. The summed E-state index contributed by atoms with van der Waals surface area (Å²) in [5, 5.41) is 66.0. The highest BCUT2D eigenvalue weighted by Gasteiger charge is 2.66. The van der Waals surface area contributed by atoms with Crippen molar-refractivity contribution in [3.05, 3.63) is 46.2 Å². The summed E-state index contributed by atoms with van der Waals surface area (Å²) in [6.07, 6.45) is -0.440. The second kappa shape index (κ2) is 7.05. The van der Waals surface area contributed by atoms with Gasteiger partial charge in [0.05, 0.1) is 17.1 Å². The van der Waals surface area contributed by atoms with Gasteiger partial charge in [0, 0.05) is 11.5 Å². The number of benzene rings is 1. The third-order valence-electron chi connectivity index (χ3n) is 6.41. The van der Waals surface area contributed by atoms with E-state index >= 15 is 0 Å². The molecule has 1 amide bonds. The smallest absolute Gasteiger partial charge is 0.256 e. The molecule has 0 heterocycles. The van der Waals surface area contributed by atoms with E-state index in [2.05, 4.69) is 5.16 Å². The molecule has 0 aliphatic heterocycles. The van der Waals surface area contributed by atoms with Crippen molar-refractivity contribution in [2.24, 2.45) is 22.7 Å². The Hall–Kier alpha value is -3.41. The number of oxime groups is 1. The molecular formula is C20H19ClN2O9. The topological polar surface area (TPSA) is 211 Å². The fourth-order valence-electron chi connectivity index (χ4n) is 4.87. The molecule has 0 radical (unpaired) electrons. The molecule has 3 aliphatic rings. The summed E-state index contributed by atoms with van der Waals surface area (Å²) in [5.74, 6) is -9.56. The van der Waals surface area contributed by atoms with Crippen LogP contribution >= 0.6 is 12.4 Å². The number of halogens is 1. The number of amides is 1. The molecule has 0 unspecified atom stereocenters. The van der Waals surface area contributed by atoms with Gasteiger partial charge in [-0.2, -0.15) is 0 Å². The van der Waals surface area contributed by atoms with Gasteiger partial charge in [0.1, 0.15) is 22.8 Å². The van der Waals surface area contributed by atoms with Crippen LogP contribution in [0.1, 0.15) is 24.5 Å². The van der Waals surface area contributed by atoms with E-state index in [4.69, 9.17) is 5.73 Å². The number of nitrogens with two attached hydrogens (primary N) is 1. The maximum atomic E-state index is 13.4. The van der Waals surface area contributed by atoms with Crippen molar-refractivity contribution in [3.63, 3.8) is 0 Å². The number of aliphatic hydroxyl groups is 4. The van der Waals surface area contributed by atoms with Crippen molar-refractivity contribution in [1.29, 1.82) is 0 Å². The molecule has 0 bridgehead atoms. The number of nitrogens with zero attached hydrogens (tertiary/aromatic N) is 1. The Bertz CT molecular complexity index is 1180. The average Bonchev–Trinajstić information content (AvgIpc) is 2.68. The number of aromatic hydroxyl groups is 1. The monoisotopic (exact) mass is 466 g/mol. The summed E-state index contributed by atoms with van der Waals surface area (Å²) < 4.78 is 0. The van der Waals surface area contributed by atoms with Gasteiger partial charge in [-0.25, -0.2) is 0 Å². The fourth-order valence-corrected chi connectivity index (χ4v) is 4.87. The molecule has 1 aromatic carbocycles. The molecule has 11 nitrogen and oxygen atoms in total. The Morgan fingerprint density at radius 3 is 2.28 bits per heavy atom. The van der Waals surface area contributed by atoms with Gasteiger partial charge in [-0.3, -0.25) is 14.4 Å². The van der Waals surface area contributed by atoms with Crippen LogP contribution in [0.4, 0.5) is 0 Å². The quantitative estimate of drug-likeness (QED) is 0.128. The van der Waals surface area contributed by atoms with E-state index in [1.807, 2.05) is 0 Å². The maximum Gasteiger partial charge on any atom is 0.256 e. The Labute approximate surface area is 186 Å². The summed E-state index contributed by atoms with van der Waals surface area (Å²) >= 11 is 0. The Morgan fingerprint density at radius 1 is 1.09 bits per heavy atom. The van der Waals surface area contributed by atoms with Gasteiger partial charge < -0.3 is 36.5 Å². The van der Waals surface area contributed by atoms with E-state index in [0.29, 0.717) is 0 Å². The van der Waals surface area contributed by atoms with E-state index < -0.39 is 81.1 Å². The van der Waals surface area contributed by atoms with Crippen LogP contribution < -0.4 is 5.73 Å². The minimum absolute atomic E-state index is 0. The molecule has 1 aromatic rings. The lowest BCUT2D eigenvalue weighted by Crippen LogP contribution is -2.65. The standard InChI is InChI=1S/C20H18N2O9.ClH/c1-19(29)6-3-2-4-9(23)10(6)14(24)11-7(19)5-8-13(22-31)15(25)12(18(21)28)17(27)20(8,30)16(11)26;/h2-4,7-8,23-25,29-31H,5H2,1H3,(H2,21,28);1H/b22-13-;/t7-,8-,19+,20-;/m0./s1. The number of hydrogen-bond acceptors (Lipinski definition) is 10. The number of carbonyl (C=O) groups excluding carboxylic acids is 3. The summed E-state index contributed by atoms with van der Waals surface area (Å²) in [7, 11) is 0. The van der Waals surface area contributed by atoms with Crippen LogP contribution in [0.2, 0.25) is 0 Å². The van der Waals surface area contributed by atoms with Crippen molar-refractivity contribution >= 4 is 41.4 Å². The van der Waals surface area contributed by atoms with Gasteiger partial charge in [-0.05, 0) is 25.0 Å². The molecule has 12 heteroatoms. The van der Waals surface area contributed by atoms with Crippen LogP contribution in [-0.4, -0.2) is 59.5 Å². The van der Waals surface area contributed by atoms with Gasteiger partial charge in [0.25, 0.3) is 5.91 Å². The van der Waals surface area contributed by atoms with E-state index in [0.717, 1.165) is 0 Å². The number of Topliss-reactive ketones (excluding diaryl/α,β-unsaturated/α-hetero) is 2. The number of carbonyl (C=O) groups is 3. The molecular weight excluding hydrogens is 448 g/mol. The molecule has 32 heavy (non-hydrogen) atoms. The highest BCUT2D eigenvalue weighted by atomic mass is 35.5. The zero-order chi connectivity index (χ0) is 23.0. The molecule has 4 rings (SSSR count). The first-order chi connectivity index (χ1) is 14.4. The van der Waals surface area contributed by atoms with Crippen LogP contribution in [0.15, 0.2) is 40.3 Å². The second-order valence-corrected chi connectivity index (χ2v) is 7.95. The van der Waals surface area contributed by atoms with Gasteiger partial charge in [0.15, 0.2) is 11.4 Å². The summed E-state index contributed by atoms with van der Waals surface area (Å²) in [6, 6.07) is 4.05. The average molecular weight is 467 g/mol. The lowest BCUT2D eigenvalue weighted by Gasteiger charge is -2.49. The Morgan fingerprint density at radius 2 is 1.72 bits per heavy atom. The van der Waals surface area contributed by atoms with Crippen molar-refractivity contribution in [1.82, 2.24) is 0 Å². The van der Waals surface area contributed by atoms with Gasteiger partial charge in [0.2, 0.25) is 11.6 Å². The van der Waals surface area contributed by atoms with Crippen LogP contribution in [0.5, 0.6) is 5.75 Å². The molecule has 4 atom stereocenters. The Kier molecular flexibility index (Phi) is 5.13. The zero-order valence-corrected chi connectivity index (χ0v) is 17.3. The number of allylic oxidation sites excluding steroid dienone is 1. The van der Waals surface area contributed by atoms with Gasteiger partial charge in [-0.15, -0.1) is 12.4 Å². The molecule has 8 N–H and O–H groups in total. The van der Waals surface area contributed by atoms with Crippen molar-refractivity contribution in [2.45, 2.75) is 24.5 Å². The minimum atomic E-state index is -3.05. The summed E-state index contributed by atoms with van der Waals surface area (Å²) in [4.78, 5) is 38.0. The Balaban J connectivity index is 0.00000289. The lowest BCUT2D eigenvalue weighted by molar-refractivity contribution is -0.157. The molecule has 3 aliphatic carbocycles. The van der Waals surface area contributed by atoms with Crippen molar-refractivity contribution < 1.29 is 45.1 Å². The first kappa shape index (κ1) is 23.3. The number of hydrogen-bond donors (Lipinski definition) is 7. The van der Waals surface area contributed by atoms with E-state index in [1.54, 1.807) is 0 Å². The largest absolute Gasteiger partial charge is 0.507 e. The molecule has 0 spiro atoms. The number of rotatable bonds is 1. The normalized spacial score (nSPS) is 32.8. The predicted molar refractivity (Wildman–Crippen MR) is 109 cm³/mol. The van der Waals surface area contributed by atoms with Gasteiger partial charge >= 0.3 is 0 Å². The molecule has 0 saturated heterocycles. The van der Waals surface area contributed by atoms with Crippen molar-refractivity contribution in [3.8, 4) is 5.75 Å². The number of phenolic OH excluding ortho intramolecular Hbond substituents is 1. The number of aliphatic hydroxyl groups excluding tert-OH is 2. The van der Waals surface area contributed by atoms with Crippen LogP contribution in [-0.2, 0) is 20.0 Å². The number of fused-ring (bicyclic) bond motifs is 3. The number of phenols is 1. The maximum absolute atomic E-state index is 13.4. The molecule has 0 aromatic heterocycles. The molecule has 1 fully saturated rings. The summed E-state index contributed by atoms with van der Waals surface area (Å²) in [5.41, 5.74) is -2.40. The second-order valence-electron chi connectivity index (χ2n) is 7.95. The third kappa shape index (κ3) is 2.55. The first-order valence-corrected chi connectivity index (χ1v) is 9.16. The zero-order valence-electron chi connectivity index (χ0n) is 16.4. The fraction of sp³-hybridized carbons (Fsp3) is 0.300. The van der Waals surface area contributed by atoms with E-state index in [1.165, 1.54) is 25.1 Å². The predicted octanol–water partition coefficient (Wildman–Crippen LogP) is -0.0492. The van der Waals surface area contributed by atoms with Crippen molar-refractivity contribution in [2.75, 3.05) is 0 Å². The SMILES string of the molecule is C[C@@]1(O)c2cccc(O)c2C(O)=C2C(=O)[C@]3(O)C(=O)C(C(N)=O)=C(O)/C(=N\O)[C@@H]3C[C@@H]21.Cl. The van der Waals surface area contributed by atoms with Gasteiger partial charge in [-0.1, -0.05) is 17.3 Å². The highest BCUT2D eigenvalue weighted by molar-refractivity contribution is 6.38. The molecule has 1 saturated carbocycles. The minimum Gasteiger partial charge on any atom is -0.507 e. The lowest BCUT2D eigenvalue weighted by atomic mass is 9.55. The van der Waals surface area contributed by atoms with E-state index in [-0.39, 0.29) is 23.5 Å². The van der Waals surface area contributed by atoms with Crippen LogP contribution in [0.25, 0.3) is 5.76 Å². The molecule has 170 valence electrons. The number of primary amides is 1. The number of ketones is 2. The summed E-state index contributed by atoms with van der Waals surface area (Å²) in [6.45, 7) is 1.31. The van der Waals surface area contributed by atoms with E-state index in [9.17, 15) is 45.1 Å². The highest BCUT2D eigenvalue weighted by Crippen LogP contribution is 2.55.